The average Bonchev–Trinajstić information content (AvgIpc) is 2.88. The van der Waals surface area contributed by atoms with Crippen LogP contribution in [0.2, 0.25) is 0 Å². The summed E-state index contributed by atoms with van der Waals surface area (Å²) in [7, 11) is 2.03. The molecule has 1 saturated heterocycles. The third kappa shape index (κ3) is 3.31. The Morgan fingerprint density at radius 1 is 1.12 bits per heavy atom. The number of aromatic nitrogens is 3. The number of rotatable bonds is 3. The average molecular weight is 338 g/mol. The second-order valence-corrected chi connectivity index (χ2v) is 6.51. The lowest BCUT2D eigenvalue weighted by molar-refractivity contribution is -0.143. The molecule has 2 aromatic rings. The van der Waals surface area contributed by atoms with Crippen LogP contribution >= 0.6 is 0 Å². The monoisotopic (exact) mass is 338 g/mol. The lowest BCUT2D eigenvalue weighted by atomic mass is 9.72. The number of likely N-dealkylation sites (tertiary alicyclic amines) is 1. The number of nitrogens with zero attached hydrogens (tertiary/aromatic N) is 4. The van der Waals surface area contributed by atoms with E-state index in [2.05, 4.69) is 15.0 Å². The molecule has 0 bridgehead atoms. The molecule has 1 aliphatic heterocycles. The summed E-state index contributed by atoms with van der Waals surface area (Å²) in [6.45, 7) is 2.16. The van der Waals surface area contributed by atoms with Crippen LogP contribution < -0.4 is 0 Å². The molecule has 0 saturated carbocycles. The fraction of sp³-hybridized carbons (Fsp3) is 0.529. The standard InChI is InChI=1S/C17H21F3N4/c1-13-21-15(24(22-13)12-17(18,19)20)16(8-10-23(2)11-9-16)14-6-4-3-5-7-14/h3-7H,8-12H2,1-2H3. The second kappa shape index (κ2) is 6.20. The Labute approximate surface area is 139 Å². The molecular formula is C17H21F3N4. The molecule has 1 aromatic heterocycles. The fourth-order valence-electron chi connectivity index (χ4n) is 3.49. The first-order chi connectivity index (χ1) is 11.3. The first-order valence-corrected chi connectivity index (χ1v) is 8.03. The van der Waals surface area contributed by atoms with E-state index in [9.17, 15) is 13.2 Å². The van der Waals surface area contributed by atoms with Gasteiger partial charge in [-0.3, -0.25) is 0 Å². The number of hydrogen-bond acceptors (Lipinski definition) is 3. The van der Waals surface area contributed by atoms with Crippen molar-refractivity contribution in [1.82, 2.24) is 19.7 Å². The molecular weight excluding hydrogens is 317 g/mol. The molecule has 1 aromatic carbocycles. The minimum atomic E-state index is -4.32. The van der Waals surface area contributed by atoms with Crippen molar-refractivity contribution in [1.29, 1.82) is 0 Å². The molecule has 0 N–H and O–H groups in total. The van der Waals surface area contributed by atoms with Crippen LogP contribution in [-0.2, 0) is 12.0 Å². The van der Waals surface area contributed by atoms with Crippen molar-refractivity contribution in [2.45, 2.75) is 37.9 Å². The van der Waals surface area contributed by atoms with E-state index in [1.54, 1.807) is 6.92 Å². The van der Waals surface area contributed by atoms with E-state index in [1.165, 1.54) is 0 Å². The summed E-state index contributed by atoms with van der Waals surface area (Å²) < 4.78 is 40.0. The summed E-state index contributed by atoms with van der Waals surface area (Å²) in [5.41, 5.74) is 0.481. The highest BCUT2D eigenvalue weighted by atomic mass is 19.4. The fourth-order valence-corrected chi connectivity index (χ4v) is 3.49. The van der Waals surface area contributed by atoms with Crippen LogP contribution in [0.5, 0.6) is 0 Å². The summed E-state index contributed by atoms with van der Waals surface area (Å²) >= 11 is 0. The summed E-state index contributed by atoms with van der Waals surface area (Å²) in [4.78, 5) is 6.62. The highest BCUT2D eigenvalue weighted by Gasteiger charge is 2.43. The van der Waals surface area contributed by atoms with Crippen LogP contribution in [0.3, 0.4) is 0 Å². The molecule has 4 nitrogen and oxygen atoms in total. The molecule has 0 radical (unpaired) electrons. The van der Waals surface area contributed by atoms with E-state index in [-0.39, 0.29) is 0 Å². The van der Waals surface area contributed by atoms with Gasteiger partial charge in [0.25, 0.3) is 0 Å². The Morgan fingerprint density at radius 3 is 2.33 bits per heavy atom. The van der Waals surface area contributed by atoms with Crippen molar-refractivity contribution in [2.24, 2.45) is 0 Å². The maximum Gasteiger partial charge on any atom is 0.408 e. The van der Waals surface area contributed by atoms with Gasteiger partial charge in [0.05, 0.1) is 5.41 Å². The summed E-state index contributed by atoms with van der Waals surface area (Å²) in [5, 5.41) is 4.03. The minimum absolute atomic E-state index is 0.378. The van der Waals surface area contributed by atoms with Crippen molar-refractivity contribution in [3.8, 4) is 0 Å². The predicted molar refractivity (Wildman–Crippen MR) is 84.8 cm³/mol. The van der Waals surface area contributed by atoms with E-state index in [4.69, 9.17) is 0 Å². The van der Waals surface area contributed by atoms with Crippen LogP contribution in [0, 0.1) is 6.92 Å². The smallest absolute Gasteiger partial charge is 0.306 e. The Hall–Kier alpha value is -1.89. The third-order valence-corrected chi connectivity index (χ3v) is 4.70. The Kier molecular flexibility index (Phi) is 4.38. The van der Waals surface area contributed by atoms with Gasteiger partial charge in [0.2, 0.25) is 0 Å². The zero-order valence-electron chi connectivity index (χ0n) is 13.8. The SMILES string of the molecule is Cc1nc(C2(c3ccccc3)CCN(C)CC2)n(CC(F)(F)F)n1. The number of aryl methyl sites for hydroxylation is 1. The number of piperidine rings is 1. The zero-order chi connectivity index (χ0) is 17.4. The number of halogens is 3. The number of hydrogen-bond donors (Lipinski definition) is 0. The molecule has 3 rings (SSSR count). The molecule has 0 atom stereocenters. The van der Waals surface area contributed by atoms with Crippen molar-refractivity contribution < 1.29 is 13.2 Å². The van der Waals surface area contributed by atoms with E-state index in [0.717, 1.165) is 36.2 Å². The molecule has 0 amide bonds. The van der Waals surface area contributed by atoms with Gasteiger partial charge in [-0.05, 0) is 45.5 Å². The summed E-state index contributed by atoms with van der Waals surface area (Å²) in [6, 6.07) is 9.72. The highest BCUT2D eigenvalue weighted by Crippen LogP contribution is 2.41. The van der Waals surface area contributed by atoms with Crippen LogP contribution in [0.25, 0.3) is 0 Å². The molecule has 2 heterocycles. The van der Waals surface area contributed by atoms with E-state index >= 15 is 0 Å². The first-order valence-electron chi connectivity index (χ1n) is 8.03. The van der Waals surface area contributed by atoms with E-state index in [1.807, 2.05) is 37.4 Å². The van der Waals surface area contributed by atoms with E-state index < -0.39 is 18.1 Å². The summed E-state index contributed by atoms with van der Waals surface area (Å²) in [5.74, 6) is 0.806. The van der Waals surface area contributed by atoms with Gasteiger partial charge in [-0.1, -0.05) is 30.3 Å². The van der Waals surface area contributed by atoms with Crippen LogP contribution in [0.4, 0.5) is 13.2 Å². The van der Waals surface area contributed by atoms with Crippen molar-refractivity contribution in [3.05, 3.63) is 47.5 Å². The van der Waals surface area contributed by atoms with Crippen molar-refractivity contribution >= 4 is 0 Å². The Bertz CT molecular complexity index is 686. The molecule has 0 unspecified atom stereocenters. The molecule has 1 fully saturated rings. The Balaban J connectivity index is 2.10. The second-order valence-electron chi connectivity index (χ2n) is 6.51. The maximum absolute atomic E-state index is 13.0. The van der Waals surface area contributed by atoms with Gasteiger partial charge in [-0.2, -0.15) is 18.3 Å². The highest BCUT2D eigenvalue weighted by molar-refractivity contribution is 5.34. The minimum Gasteiger partial charge on any atom is -0.306 e. The van der Waals surface area contributed by atoms with Gasteiger partial charge in [-0.15, -0.1) is 0 Å². The molecule has 0 aliphatic carbocycles. The predicted octanol–water partition coefficient (Wildman–Crippen LogP) is 3.16. The normalized spacial score (nSPS) is 18.7. The molecule has 7 heteroatoms. The lowest BCUT2D eigenvalue weighted by Crippen LogP contribution is -2.44. The first kappa shape index (κ1) is 17.0. The number of alkyl halides is 3. The van der Waals surface area contributed by atoms with E-state index in [0.29, 0.717) is 11.6 Å². The van der Waals surface area contributed by atoms with Crippen LogP contribution in [0.15, 0.2) is 30.3 Å². The maximum atomic E-state index is 13.0. The van der Waals surface area contributed by atoms with Crippen LogP contribution in [-0.4, -0.2) is 46.0 Å². The Morgan fingerprint density at radius 2 is 1.75 bits per heavy atom. The lowest BCUT2D eigenvalue weighted by Gasteiger charge is -2.40. The summed E-state index contributed by atoms with van der Waals surface area (Å²) in [6.07, 6.45) is -2.87. The third-order valence-electron chi connectivity index (χ3n) is 4.70. The van der Waals surface area contributed by atoms with Crippen LogP contribution in [0.1, 0.15) is 30.1 Å². The topological polar surface area (TPSA) is 34.0 Å². The van der Waals surface area contributed by atoms with Gasteiger partial charge in [-0.25, -0.2) is 9.67 Å². The molecule has 1 aliphatic rings. The van der Waals surface area contributed by atoms with Gasteiger partial charge in [0, 0.05) is 0 Å². The van der Waals surface area contributed by atoms with Crippen molar-refractivity contribution in [2.75, 3.05) is 20.1 Å². The van der Waals surface area contributed by atoms with Crippen molar-refractivity contribution in [3.63, 3.8) is 0 Å². The quantitative estimate of drug-likeness (QED) is 0.862. The van der Waals surface area contributed by atoms with Gasteiger partial charge in [0.15, 0.2) is 0 Å². The van der Waals surface area contributed by atoms with Gasteiger partial charge < -0.3 is 4.90 Å². The molecule has 130 valence electrons. The number of benzene rings is 1. The zero-order valence-corrected chi connectivity index (χ0v) is 13.8. The van der Waals surface area contributed by atoms with Gasteiger partial charge >= 0.3 is 6.18 Å². The molecule has 0 spiro atoms. The van der Waals surface area contributed by atoms with Gasteiger partial charge in [0.1, 0.15) is 18.2 Å². The molecule has 24 heavy (non-hydrogen) atoms. The largest absolute Gasteiger partial charge is 0.408 e.